The van der Waals surface area contributed by atoms with Crippen LogP contribution in [0.25, 0.3) is 0 Å². The summed E-state index contributed by atoms with van der Waals surface area (Å²) in [5, 5.41) is 10.7. The molecule has 15 nitrogen and oxygen atoms in total. The normalized spacial score (nSPS) is 18.0. The maximum Gasteiger partial charge on any atom is 0.257 e. The number of benzene rings is 3. The highest BCUT2D eigenvalue weighted by atomic mass is 16.5. The number of aryl methyl sites for hydroxylation is 2. The van der Waals surface area contributed by atoms with Gasteiger partial charge in [0.1, 0.15) is 19.0 Å². The highest BCUT2D eigenvalue weighted by molar-refractivity contribution is 6.04. The summed E-state index contributed by atoms with van der Waals surface area (Å²) in [4.78, 5) is 49.5. The largest absolute Gasteiger partial charge is 0.508 e. The summed E-state index contributed by atoms with van der Waals surface area (Å²) in [6.07, 6.45) is 8.41. The van der Waals surface area contributed by atoms with E-state index in [1.165, 1.54) is 14.2 Å². The van der Waals surface area contributed by atoms with Crippen molar-refractivity contribution in [1.29, 1.82) is 0 Å². The lowest BCUT2D eigenvalue weighted by Crippen LogP contribution is -2.44. The average molecular weight is 743 g/mol. The minimum Gasteiger partial charge on any atom is -0.508 e. The number of hydrogen-bond donors (Lipinski definition) is 1. The van der Waals surface area contributed by atoms with E-state index in [0.29, 0.717) is 82.6 Å². The Labute approximate surface area is 316 Å². The van der Waals surface area contributed by atoms with E-state index in [1.807, 2.05) is 41.7 Å². The van der Waals surface area contributed by atoms with Gasteiger partial charge in [-0.1, -0.05) is 0 Å². The maximum absolute atomic E-state index is 13.8. The minimum atomic E-state index is -0.203. The quantitative estimate of drug-likeness (QED) is 0.240. The molecule has 4 aliphatic heterocycles. The second kappa shape index (κ2) is 13.3. The van der Waals surface area contributed by atoms with E-state index in [4.69, 9.17) is 28.9 Å². The molecule has 0 saturated carbocycles. The zero-order valence-electron chi connectivity index (χ0n) is 30.7. The highest BCUT2D eigenvalue weighted by Crippen LogP contribution is 2.40. The number of ether oxygens (including phenoxy) is 4. The number of imidazole rings is 2. The van der Waals surface area contributed by atoms with Crippen molar-refractivity contribution in [2.75, 3.05) is 14.2 Å². The Morgan fingerprint density at radius 2 is 1.11 bits per heavy atom. The third-order valence-corrected chi connectivity index (χ3v) is 10.7. The Morgan fingerprint density at radius 1 is 0.655 bits per heavy atom. The molecule has 0 saturated heterocycles. The number of aromatic hydroxyl groups is 1. The lowest BCUT2D eigenvalue weighted by Gasteiger charge is -2.32. The molecule has 0 fully saturated rings. The molecular formula is C40H38N8O7. The zero-order valence-corrected chi connectivity index (χ0v) is 30.7. The SMILES string of the molecule is COc1cc2c(cc1OCc1cc(O)cc(COc3cc4c(cc3OC)C(=O)N3Cc5ncn(C)c5C[C@H]3C=N4)c1)N=CC1Cc3c(ncn3C)CN1C2=O. The first-order chi connectivity index (χ1) is 26.7. The molecule has 9 rings (SSSR count). The molecule has 0 aliphatic carbocycles. The van der Waals surface area contributed by atoms with Gasteiger partial charge < -0.3 is 43.0 Å². The zero-order chi connectivity index (χ0) is 38.0. The smallest absolute Gasteiger partial charge is 0.257 e. The van der Waals surface area contributed by atoms with Crippen LogP contribution in [0, 0.1) is 0 Å². The van der Waals surface area contributed by atoms with E-state index >= 15 is 0 Å². The average Bonchev–Trinajstić information content (AvgIpc) is 3.67. The van der Waals surface area contributed by atoms with Gasteiger partial charge in [-0.2, -0.15) is 0 Å². The van der Waals surface area contributed by atoms with Gasteiger partial charge in [-0.25, -0.2) is 9.97 Å². The molecule has 2 amide bonds. The number of amides is 2. The van der Waals surface area contributed by atoms with E-state index in [0.717, 1.165) is 22.8 Å². The molecule has 0 spiro atoms. The van der Waals surface area contributed by atoms with Crippen molar-refractivity contribution in [2.24, 2.45) is 24.1 Å². The first-order valence-electron chi connectivity index (χ1n) is 17.9. The fraction of sp³-hybridized carbons (Fsp3) is 0.300. The lowest BCUT2D eigenvalue weighted by atomic mass is 10.0. The van der Waals surface area contributed by atoms with Gasteiger partial charge in [0.2, 0.25) is 0 Å². The van der Waals surface area contributed by atoms with E-state index in [2.05, 4.69) is 9.97 Å². The fourth-order valence-electron chi connectivity index (χ4n) is 7.75. The number of phenolic OH excluding ortho intramolecular Hbond substituents is 1. The van der Waals surface area contributed by atoms with Gasteiger partial charge in [0.05, 0.1) is 85.9 Å². The van der Waals surface area contributed by atoms with Crippen molar-refractivity contribution in [3.63, 3.8) is 0 Å². The number of carbonyl (C=O) groups excluding carboxylic acids is 2. The number of carbonyl (C=O) groups is 2. The third kappa shape index (κ3) is 6.01. The van der Waals surface area contributed by atoms with Crippen LogP contribution in [0.3, 0.4) is 0 Å². The molecule has 0 bridgehead atoms. The van der Waals surface area contributed by atoms with Crippen LogP contribution in [0.5, 0.6) is 28.7 Å². The predicted molar refractivity (Wildman–Crippen MR) is 200 cm³/mol. The van der Waals surface area contributed by atoms with Gasteiger partial charge in [0, 0.05) is 62.9 Å². The number of phenols is 1. The maximum atomic E-state index is 13.8. The molecule has 6 heterocycles. The molecule has 3 aromatic carbocycles. The van der Waals surface area contributed by atoms with Crippen molar-refractivity contribution >= 4 is 35.6 Å². The molecule has 280 valence electrons. The van der Waals surface area contributed by atoms with Gasteiger partial charge in [-0.3, -0.25) is 19.6 Å². The number of rotatable bonds is 8. The van der Waals surface area contributed by atoms with Crippen LogP contribution >= 0.6 is 0 Å². The van der Waals surface area contributed by atoms with Crippen LogP contribution < -0.4 is 18.9 Å². The Balaban J connectivity index is 0.913. The van der Waals surface area contributed by atoms with E-state index < -0.39 is 0 Å². The molecule has 55 heavy (non-hydrogen) atoms. The van der Waals surface area contributed by atoms with Crippen LogP contribution in [0.2, 0.25) is 0 Å². The molecule has 5 aromatic rings. The van der Waals surface area contributed by atoms with Gasteiger partial charge in [-0.05, 0) is 41.5 Å². The van der Waals surface area contributed by atoms with Crippen LogP contribution in [0.15, 0.2) is 65.1 Å². The number of nitrogens with zero attached hydrogens (tertiary/aromatic N) is 8. The molecular weight excluding hydrogens is 704 g/mol. The summed E-state index contributed by atoms with van der Waals surface area (Å²) in [6.45, 7) is 0.962. The predicted octanol–water partition coefficient (Wildman–Crippen LogP) is 4.60. The van der Waals surface area contributed by atoms with Crippen molar-refractivity contribution < 1.29 is 33.6 Å². The summed E-state index contributed by atoms with van der Waals surface area (Å²) in [5.74, 6) is 1.30. The fourth-order valence-corrected chi connectivity index (χ4v) is 7.75. The summed E-state index contributed by atoms with van der Waals surface area (Å²) in [7, 11) is 6.95. The topological polar surface area (TPSA) is 158 Å². The van der Waals surface area contributed by atoms with Crippen molar-refractivity contribution in [1.82, 2.24) is 28.9 Å². The van der Waals surface area contributed by atoms with E-state index in [1.54, 1.807) is 58.9 Å². The first kappa shape index (κ1) is 34.1. The second-order valence-corrected chi connectivity index (χ2v) is 14.1. The van der Waals surface area contributed by atoms with Gasteiger partial charge in [0.15, 0.2) is 23.0 Å². The van der Waals surface area contributed by atoms with Gasteiger partial charge in [0.25, 0.3) is 11.8 Å². The summed E-state index contributed by atoms with van der Waals surface area (Å²) >= 11 is 0. The molecule has 2 atom stereocenters. The molecule has 0 radical (unpaired) electrons. The number of hydrogen-bond acceptors (Lipinski definition) is 11. The third-order valence-electron chi connectivity index (χ3n) is 10.7. The van der Waals surface area contributed by atoms with Crippen LogP contribution in [0.4, 0.5) is 11.4 Å². The number of aliphatic imine (C=N–C) groups is 2. The first-order valence-corrected chi connectivity index (χ1v) is 17.9. The van der Waals surface area contributed by atoms with Crippen molar-refractivity contribution in [2.45, 2.75) is 51.2 Å². The summed E-state index contributed by atoms with van der Waals surface area (Å²) in [5.41, 5.74) is 7.10. The van der Waals surface area contributed by atoms with Crippen molar-refractivity contribution in [3.05, 3.63) is 100 Å². The monoisotopic (exact) mass is 742 g/mol. The molecule has 4 aliphatic rings. The number of fused-ring (bicyclic) bond motifs is 6. The second-order valence-electron chi connectivity index (χ2n) is 14.1. The van der Waals surface area contributed by atoms with Crippen molar-refractivity contribution in [3.8, 4) is 28.7 Å². The molecule has 2 aromatic heterocycles. The van der Waals surface area contributed by atoms with E-state index in [9.17, 15) is 14.7 Å². The number of aromatic nitrogens is 4. The summed E-state index contributed by atoms with van der Waals surface area (Å²) in [6, 6.07) is 11.4. The van der Waals surface area contributed by atoms with Crippen LogP contribution in [-0.4, -0.2) is 84.6 Å². The number of methoxy groups -OCH3 is 2. The highest BCUT2D eigenvalue weighted by Gasteiger charge is 2.36. The molecule has 1 N–H and O–H groups in total. The standard InChI is InChI=1S/C40H38N8O7/c1-45-20-43-31-16-47-24(8-33(31)45)14-41-29-12-37(35(52-3)10-27(29)39(47)50)54-18-22-5-23(7-26(49)6-22)19-55-38-13-30-28(11-36(38)53-4)40(51)48-17-32-34(46(2)21-44-32)9-25(48)15-42-30/h5-7,10-15,20-21,24-25,49H,8-9,16-19H2,1-4H3/t24-,25?/m0/s1. The van der Waals surface area contributed by atoms with Crippen LogP contribution in [0.1, 0.15) is 54.6 Å². The Hall–Kier alpha value is -6.64. The molecule has 1 unspecified atom stereocenters. The molecule has 15 heteroatoms. The van der Waals surface area contributed by atoms with Gasteiger partial charge in [-0.15, -0.1) is 0 Å². The summed E-state index contributed by atoms with van der Waals surface area (Å²) < 4.78 is 27.7. The van der Waals surface area contributed by atoms with Gasteiger partial charge >= 0.3 is 0 Å². The lowest BCUT2D eigenvalue weighted by molar-refractivity contribution is 0.0691. The minimum absolute atomic E-state index is 0.0344. The Kier molecular flexibility index (Phi) is 8.28. The Morgan fingerprint density at radius 3 is 1.55 bits per heavy atom. The Bertz CT molecular complexity index is 2290. The van der Waals surface area contributed by atoms with Crippen LogP contribution in [-0.2, 0) is 53.2 Å². The van der Waals surface area contributed by atoms with E-state index in [-0.39, 0.29) is 42.9 Å².